The van der Waals surface area contributed by atoms with Crippen LogP contribution >= 0.6 is 0 Å². The van der Waals surface area contributed by atoms with Gasteiger partial charge < -0.3 is 10.6 Å². The van der Waals surface area contributed by atoms with Crippen LogP contribution < -0.4 is 10.6 Å². The summed E-state index contributed by atoms with van der Waals surface area (Å²) in [5.74, 6) is -6.41. The van der Waals surface area contributed by atoms with Gasteiger partial charge in [0, 0.05) is 37.9 Å². The van der Waals surface area contributed by atoms with Crippen molar-refractivity contribution < 1.29 is 31.5 Å². The number of carbonyl (C=O) groups excluding carboxylic acids is 2. The largest absolute Gasteiger partial charge is 0.393 e. The second kappa shape index (κ2) is 10.2. The van der Waals surface area contributed by atoms with Gasteiger partial charge in [-0.1, -0.05) is 0 Å². The number of piperidine rings is 1. The van der Waals surface area contributed by atoms with Crippen molar-refractivity contribution in [3.05, 3.63) is 47.2 Å². The minimum atomic E-state index is -4.40. The van der Waals surface area contributed by atoms with E-state index < -0.39 is 48.3 Å². The van der Waals surface area contributed by atoms with E-state index in [1.54, 1.807) is 25.3 Å². The summed E-state index contributed by atoms with van der Waals surface area (Å²) in [6.45, 7) is 1.23. The Kier molecular flexibility index (Phi) is 7.06. The summed E-state index contributed by atoms with van der Waals surface area (Å²) >= 11 is 0. The Balaban J connectivity index is 1.39. The molecule has 14 heteroatoms. The summed E-state index contributed by atoms with van der Waals surface area (Å²) in [4.78, 5) is 29.8. The average Bonchev–Trinajstić information content (AvgIpc) is 3.49. The van der Waals surface area contributed by atoms with Crippen LogP contribution in [0.3, 0.4) is 0 Å². The lowest BCUT2D eigenvalue weighted by Crippen LogP contribution is -2.47. The summed E-state index contributed by atoms with van der Waals surface area (Å²) in [5, 5.41) is 16.3. The lowest BCUT2D eigenvalue weighted by molar-refractivity contribution is -0.183. The number of nitrogens with zero attached hydrogens (tertiary/aromatic N) is 4. The number of fused-ring (bicyclic) bond motifs is 1. The van der Waals surface area contributed by atoms with Crippen LogP contribution in [0.4, 0.5) is 22.0 Å². The molecular weight excluding hydrogens is 525 g/mol. The van der Waals surface area contributed by atoms with Crippen molar-refractivity contribution in [3.63, 3.8) is 0 Å². The number of aromatic nitrogens is 5. The van der Waals surface area contributed by atoms with Crippen molar-refractivity contribution in [3.8, 4) is 0 Å². The molecule has 0 spiro atoms. The topological polar surface area (TPSA) is 117 Å². The Hall–Kier alpha value is -3.58. The highest BCUT2D eigenvalue weighted by Crippen LogP contribution is 2.41. The van der Waals surface area contributed by atoms with E-state index in [1.807, 2.05) is 0 Å². The molecule has 9 nitrogen and oxygen atoms in total. The molecule has 0 radical (unpaired) electrons. The summed E-state index contributed by atoms with van der Waals surface area (Å²) < 4.78 is 68.8. The number of nitrogens with one attached hydrogen (secondary N) is 3. The predicted octanol–water partition coefficient (Wildman–Crippen LogP) is 3.91. The van der Waals surface area contributed by atoms with Crippen molar-refractivity contribution in [1.29, 1.82) is 0 Å². The van der Waals surface area contributed by atoms with E-state index >= 15 is 0 Å². The first kappa shape index (κ1) is 27.0. The van der Waals surface area contributed by atoms with Gasteiger partial charge in [-0.3, -0.25) is 14.7 Å². The fourth-order valence-corrected chi connectivity index (χ4v) is 5.41. The molecule has 0 aromatic carbocycles. The number of imidazole rings is 1. The van der Waals surface area contributed by atoms with Crippen molar-refractivity contribution in [2.24, 2.45) is 17.8 Å². The molecule has 3 atom stereocenters. The van der Waals surface area contributed by atoms with Crippen LogP contribution in [-0.2, 0) is 11.2 Å². The van der Waals surface area contributed by atoms with Gasteiger partial charge in [-0.2, -0.15) is 23.4 Å². The maximum absolute atomic E-state index is 13.9. The van der Waals surface area contributed by atoms with Crippen LogP contribution in [0.2, 0.25) is 0 Å². The van der Waals surface area contributed by atoms with Gasteiger partial charge >= 0.3 is 6.18 Å². The lowest BCUT2D eigenvalue weighted by atomic mass is 9.81. The molecule has 1 saturated carbocycles. The zero-order chi connectivity index (χ0) is 27.9. The van der Waals surface area contributed by atoms with Crippen molar-refractivity contribution in [1.82, 2.24) is 35.4 Å². The molecule has 3 aromatic rings. The number of carbonyl (C=O) groups is 2. The van der Waals surface area contributed by atoms with E-state index in [9.17, 15) is 31.5 Å². The number of alkyl halides is 5. The Bertz CT molecular complexity index is 1360. The van der Waals surface area contributed by atoms with Gasteiger partial charge in [-0.05, 0) is 44.2 Å². The quantitative estimate of drug-likeness (QED) is 0.400. The predicted molar refractivity (Wildman–Crippen MR) is 128 cm³/mol. The van der Waals surface area contributed by atoms with E-state index in [-0.39, 0.29) is 44.4 Å². The summed E-state index contributed by atoms with van der Waals surface area (Å²) in [7, 11) is 0. The lowest BCUT2D eigenvalue weighted by Gasteiger charge is -2.33. The molecule has 4 heterocycles. The molecule has 0 bridgehead atoms. The molecular formula is C25H28F5N7O2. The van der Waals surface area contributed by atoms with E-state index in [4.69, 9.17) is 0 Å². The van der Waals surface area contributed by atoms with Crippen LogP contribution in [0.1, 0.15) is 65.6 Å². The first-order valence-electron chi connectivity index (χ1n) is 12.8. The number of halogens is 5. The maximum Gasteiger partial charge on any atom is 0.393 e. The van der Waals surface area contributed by atoms with Crippen LogP contribution in [0, 0.1) is 24.7 Å². The van der Waals surface area contributed by atoms with Gasteiger partial charge in [0.25, 0.3) is 5.91 Å². The zero-order valence-corrected chi connectivity index (χ0v) is 21.1. The van der Waals surface area contributed by atoms with Gasteiger partial charge in [0.15, 0.2) is 5.65 Å². The third-order valence-corrected chi connectivity index (χ3v) is 7.69. The number of hydrogen-bond acceptors (Lipinski definition) is 5. The molecule has 2 aliphatic rings. The van der Waals surface area contributed by atoms with Crippen LogP contribution in [0.25, 0.3) is 5.65 Å². The minimum absolute atomic E-state index is 0.0134. The van der Waals surface area contributed by atoms with E-state index in [1.165, 1.54) is 10.7 Å². The van der Waals surface area contributed by atoms with E-state index in [2.05, 4.69) is 30.9 Å². The summed E-state index contributed by atoms with van der Waals surface area (Å²) in [6, 6.07) is 2.55. The Labute approximate surface area is 219 Å². The number of H-pyrrole nitrogens is 1. The third-order valence-electron chi connectivity index (χ3n) is 7.69. The normalized spacial score (nSPS) is 23.0. The van der Waals surface area contributed by atoms with Crippen LogP contribution in [0.15, 0.2) is 24.5 Å². The monoisotopic (exact) mass is 553 g/mol. The van der Waals surface area contributed by atoms with Crippen LogP contribution in [0.5, 0.6) is 0 Å². The van der Waals surface area contributed by atoms with Gasteiger partial charge in [-0.15, -0.1) is 0 Å². The van der Waals surface area contributed by atoms with Gasteiger partial charge in [0.05, 0.1) is 40.8 Å². The first-order chi connectivity index (χ1) is 18.4. The maximum atomic E-state index is 13.9. The van der Waals surface area contributed by atoms with Crippen LogP contribution in [-0.4, -0.2) is 55.3 Å². The van der Waals surface area contributed by atoms with Gasteiger partial charge in [0.2, 0.25) is 11.8 Å². The molecule has 3 aromatic heterocycles. The molecule has 210 valence electrons. The van der Waals surface area contributed by atoms with Crippen molar-refractivity contribution in [2.45, 2.75) is 63.6 Å². The molecule has 3 N–H and O–H groups in total. The molecule has 39 heavy (non-hydrogen) atoms. The highest BCUT2D eigenvalue weighted by atomic mass is 19.4. The number of hydrogen-bond donors (Lipinski definition) is 3. The average molecular weight is 554 g/mol. The standard InChI is InChI=1S/C25H28F5N7O2/c1-13-18(11-32-35-13)23(39)34-21(14-4-6-24(26,27)7-5-14)19-12-37-20(33-19)3-2-17(36-37)9-15-8-16(25(28,29)30)10-31-22(15)38/h2-3,11-12,14-16,21H,4-10H2,1H3,(H,31,38)(H,32,35)(H,34,39)/t15?,16-,21?/m1/s1. The smallest absolute Gasteiger partial charge is 0.355 e. The fraction of sp³-hybridized carbons (Fsp3) is 0.560. The molecule has 2 unspecified atom stereocenters. The summed E-state index contributed by atoms with van der Waals surface area (Å²) in [6.07, 6.45) is -1.90. The third kappa shape index (κ3) is 5.88. The Morgan fingerprint density at radius 1 is 1.26 bits per heavy atom. The van der Waals surface area contributed by atoms with Crippen molar-refractivity contribution in [2.75, 3.05) is 6.54 Å². The molecule has 2 amide bonds. The Morgan fingerprint density at radius 2 is 2.00 bits per heavy atom. The number of aryl methyl sites for hydroxylation is 1. The SMILES string of the molecule is Cc1n[nH]cc1C(=O)NC(c1cn2nc(CC3C[C@@H](C(F)(F)F)CNC3=O)ccc2n1)C1CCC(F)(F)CC1. The summed E-state index contributed by atoms with van der Waals surface area (Å²) in [5.41, 5.74) is 2.06. The number of aromatic amines is 1. The first-order valence-corrected chi connectivity index (χ1v) is 12.8. The highest BCUT2D eigenvalue weighted by Gasteiger charge is 2.45. The minimum Gasteiger partial charge on any atom is -0.355 e. The number of amides is 2. The Morgan fingerprint density at radius 3 is 2.67 bits per heavy atom. The molecule has 1 aliphatic carbocycles. The fourth-order valence-electron chi connectivity index (χ4n) is 5.41. The zero-order valence-electron chi connectivity index (χ0n) is 21.1. The molecule has 5 rings (SSSR count). The van der Waals surface area contributed by atoms with E-state index in [0.717, 1.165) is 0 Å². The van der Waals surface area contributed by atoms with Gasteiger partial charge in [-0.25, -0.2) is 18.3 Å². The molecule has 1 aliphatic heterocycles. The van der Waals surface area contributed by atoms with Gasteiger partial charge in [0.1, 0.15) is 0 Å². The number of rotatable bonds is 6. The second-order valence-electron chi connectivity index (χ2n) is 10.4. The second-order valence-corrected chi connectivity index (χ2v) is 10.4. The highest BCUT2D eigenvalue weighted by molar-refractivity contribution is 5.95. The molecule has 1 saturated heterocycles. The van der Waals surface area contributed by atoms with Crippen molar-refractivity contribution >= 4 is 17.5 Å². The van der Waals surface area contributed by atoms with E-state index in [0.29, 0.717) is 28.3 Å². The molecule has 2 fully saturated rings.